The van der Waals surface area contributed by atoms with Crippen LogP contribution in [0.1, 0.15) is 49.1 Å². The molecule has 1 aliphatic rings. The molecule has 0 aromatic carbocycles. The number of aromatic nitrogens is 3. The average Bonchev–Trinajstić information content (AvgIpc) is 3.26. The van der Waals surface area contributed by atoms with Gasteiger partial charge in [-0.15, -0.1) is 45.5 Å². The topological polar surface area (TPSA) is 67.1 Å². The first-order valence-corrected chi connectivity index (χ1v) is 10.4. The molecule has 0 atom stereocenters. The highest BCUT2D eigenvalue weighted by Gasteiger charge is 2.19. The van der Waals surface area contributed by atoms with Gasteiger partial charge < -0.3 is 15.2 Å². The SMILES string of the molecule is Cc1nnc(CN=C(NCCc2cccs2)NC2CCC(C)CC2)n1C.I. The Balaban J connectivity index is 0.00000261. The number of hydrogen-bond donors (Lipinski definition) is 2. The van der Waals surface area contributed by atoms with Crippen LogP contribution in [0.15, 0.2) is 22.5 Å². The highest BCUT2D eigenvalue weighted by molar-refractivity contribution is 14.0. The van der Waals surface area contributed by atoms with Crippen molar-refractivity contribution in [3.63, 3.8) is 0 Å². The summed E-state index contributed by atoms with van der Waals surface area (Å²) in [4.78, 5) is 6.17. The number of rotatable bonds is 6. The van der Waals surface area contributed by atoms with Crippen LogP contribution >= 0.6 is 35.3 Å². The molecular formula is C19H31IN6S. The minimum absolute atomic E-state index is 0. The van der Waals surface area contributed by atoms with E-state index in [1.807, 2.05) is 18.5 Å². The minimum Gasteiger partial charge on any atom is -0.356 e. The summed E-state index contributed by atoms with van der Waals surface area (Å²) >= 11 is 1.80. The van der Waals surface area contributed by atoms with Crippen molar-refractivity contribution in [3.05, 3.63) is 34.0 Å². The van der Waals surface area contributed by atoms with Crippen molar-refractivity contribution < 1.29 is 0 Å². The van der Waals surface area contributed by atoms with Crippen LogP contribution in [-0.2, 0) is 20.0 Å². The molecule has 2 N–H and O–H groups in total. The van der Waals surface area contributed by atoms with Gasteiger partial charge in [0.05, 0.1) is 0 Å². The van der Waals surface area contributed by atoms with Gasteiger partial charge >= 0.3 is 0 Å². The van der Waals surface area contributed by atoms with Gasteiger partial charge in [-0.3, -0.25) is 0 Å². The van der Waals surface area contributed by atoms with E-state index in [2.05, 4.69) is 45.3 Å². The van der Waals surface area contributed by atoms with Gasteiger partial charge in [-0.1, -0.05) is 13.0 Å². The fraction of sp³-hybridized carbons (Fsp3) is 0.632. The normalized spacial score (nSPS) is 20.2. The number of halogens is 1. The number of guanidine groups is 1. The van der Waals surface area contributed by atoms with Gasteiger partial charge in [-0.2, -0.15) is 0 Å². The Morgan fingerprint density at radius 2 is 2.07 bits per heavy atom. The van der Waals surface area contributed by atoms with Gasteiger partial charge in [0, 0.05) is 24.5 Å². The maximum absolute atomic E-state index is 4.77. The highest BCUT2D eigenvalue weighted by atomic mass is 127. The third-order valence-electron chi connectivity index (χ3n) is 5.16. The second-order valence-electron chi connectivity index (χ2n) is 7.24. The number of nitrogens with zero attached hydrogens (tertiary/aromatic N) is 4. The second kappa shape index (κ2) is 11.0. The molecule has 0 unspecified atom stereocenters. The lowest BCUT2D eigenvalue weighted by atomic mass is 9.87. The molecule has 150 valence electrons. The van der Waals surface area contributed by atoms with Gasteiger partial charge in [0.15, 0.2) is 11.8 Å². The third kappa shape index (κ3) is 6.74. The van der Waals surface area contributed by atoms with Crippen LogP contribution < -0.4 is 10.6 Å². The Hall–Kier alpha value is -1.16. The summed E-state index contributed by atoms with van der Waals surface area (Å²) in [7, 11) is 1.99. The van der Waals surface area contributed by atoms with Gasteiger partial charge in [0.2, 0.25) is 0 Å². The lowest BCUT2D eigenvalue weighted by Crippen LogP contribution is -2.45. The fourth-order valence-electron chi connectivity index (χ4n) is 3.25. The molecule has 0 spiro atoms. The molecule has 0 amide bonds. The van der Waals surface area contributed by atoms with E-state index in [0.717, 1.165) is 36.5 Å². The molecule has 6 nitrogen and oxygen atoms in total. The molecule has 2 heterocycles. The van der Waals surface area contributed by atoms with Crippen molar-refractivity contribution in [1.29, 1.82) is 0 Å². The highest BCUT2D eigenvalue weighted by Crippen LogP contribution is 2.23. The van der Waals surface area contributed by atoms with E-state index in [-0.39, 0.29) is 24.0 Å². The maximum Gasteiger partial charge on any atom is 0.191 e. The Bertz CT molecular complexity index is 704. The van der Waals surface area contributed by atoms with Gasteiger partial charge in [-0.05, 0) is 56.4 Å². The molecule has 0 bridgehead atoms. The van der Waals surface area contributed by atoms with Crippen LogP contribution in [0.5, 0.6) is 0 Å². The zero-order valence-corrected chi connectivity index (χ0v) is 19.6. The van der Waals surface area contributed by atoms with Gasteiger partial charge in [0.1, 0.15) is 12.4 Å². The smallest absolute Gasteiger partial charge is 0.191 e. The molecule has 0 saturated heterocycles. The van der Waals surface area contributed by atoms with Crippen LogP contribution in [0.2, 0.25) is 0 Å². The summed E-state index contributed by atoms with van der Waals surface area (Å²) in [6.45, 7) is 5.73. The van der Waals surface area contributed by atoms with E-state index in [4.69, 9.17) is 4.99 Å². The molecule has 0 aliphatic heterocycles. The summed E-state index contributed by atoms with van der Waals surface area (Å²) in [6, 6.07) is 4.80. The summed E-state index contributed by atoms with van der Waals surface area (Å²) in [5.41, 5.74) is 0. The van der Waals surface area contributed by atoms with E-state index in [1.54, 1.807) is 11.3 Å². The predicted octanol–water partition coefficient (Wildman–Crippen LogP) is 3.66. The summed E-state index contributed by atoms with van der Waals surface area (Å²) < 4.78 is 2.00. The van der Waals surface area contributed by atoms with E-state index in [9.17, 15) is 0 Å². The fourth-order valence-corrected chi connectivity index (χ4v) is 3.96. The number of aliphatic imine (C=N–C) groups is 1. The van der Waals surface area contributed by atoms with Crippen molar-refractivity contribution in [3.8, 4) is 0 Å². The first-order valence-electron chi connectivity index (χ1n) is 9.54. The maximum atomic E-state index is 4.77. The van der Waals surface area contributed by atoms with Gasteiger partial charge in [0.25, 0.3) is 0 Å². The lowest BCUT2D eigenvalue weighted by molar-refractivity contribution is 0.329. The Morgan fingerprint density at radius 3 is 2.70 bits per heavy atom. The zero-order chi connectivity index (χ0) is 18.4. The molecule has 2 aromatic heterocycles. The predicted molar refractivity (Wildman–Crippen MR) is 123 cm³/mol. The molecule has 0 radical (unpaired) electrons. The Morgan fingerprint density at radius 1 is 1.30 bits per heavy atom. The summed E-state index contributed by atoms with van der Waals surface area (Å²) in [6.07, 6.45) is 6.04. The average molecular weight is 502 g/mol. The molecule has 1 fully saturated rings. The number of thiophene rings is 1. The van der Waals surface area contributed by atoms with Gasteiger partial charge in [-0.25, -0.2) is 4.99 Å². The largest absolute Gasteiger partial charge is 0.356 e. The van der Waals surface area contributed by atoms with Crippen molar-refractivity contribution >= 4 is 41.3 Å². The van der Waals surface area contributed by atoms with Crippen LogP contribution in [-0.4, -0.2) is 33.3 Å². The minimum atomic E-state index is 0. The second-order valence-corrected chi connectivity index (χ2v) is 8.28. The monoisotopic (exact) mass is 502 g/mol. The van der Waals surface area contributed by atoms with E-state index < -0.39 is 0 Å². The molecule has 2 aromatic rings. The molecular weight excluding hydrogens is 471 g/mol. The summed E-state index contributed by atoms with van der Waals surface area (Å²) in [5, 5.41) is 17.6. The molecule has 1 saturated carbocycles. The quantitative estimate of drug-likeness (QED) is 0.360. The van der Waals surface area contributed by atoms with E-state index in [0.29, 0.717) is 12.6 Å². The molecule has 1 aliphatic carbocycles. The first kappa shape index (κ1) is 22.1. The standard InChI is InChI=1S/C19H30N6S.HI/c1-14-6-8-16(9-7-14)22-19(20-11-10-17-5-4-12-26-17)21-13-18-24-23-15(2)25(18)3;/h4-5,12,14,16H,6-11,13H2,1-3H3,(H2,20,21,22);1H. The number of hydrogen-bond acceptors (Lipinski definition) is 4. The van der Waals surface area contributed by atoms with Crippen LogP contribution in [0, 0.1) is 12.8 Å². The zero-order valence-electron chi connectivity index (χ0n) is 16.4. The van der Waals surface area contributed by atoms with Crippen molar-refractivity contribution in [2.45, 2.75) is 58.5 Å². The lowest BCUT2D eigenvalue weighted by Gasteiger charge is -2.28. The molecule has 27 heavy (non-hydrogen) atoms. The third-order valence-corrected chi connectivity index (χ3v) is 6.10. The number of nitrogens with one attached hydrogen (secondary N) is 2. The molecule has 3 rings (SSSR count). The number of aryl methyl sites for hydroxylation is 1. The van der Waals surface area contributed by atoms with Crippen LogP contribution in [0.4, 0.5) is 0 Å². The van der Waals surface area contributed by atoms with E-state index in [1.165, 1.54) is 30.6 Å². The van der Waals surface area contributed by atoms with Crippen molar-refractivity contribution in [2.24, 2.45) is 18.0 Å². The van der Waals surface area contributed by atoms with Crippen LogP contribution in [0.25, 0.3) is 0 Å². The Kier molecular flexibility index (Phi) is 9.01. The summed E-state index contributed by atoms with van der Waals surface area (Å²) in [5.74, 6) is 3.54. The van der Waals surface area contributed by atoms with Crippen molar-refractivity contribution in [1.82, 2.24) is 25.4 Å². The Labute approximate surface area is 183 Å². The van der Waals surface area contributed by atoms with Crippen molar-refractivity contribution in [2.75, 3.05) is 6.54 Å². The first-order chi connectivity index (χ1) is 12.6. The van der Waals surface area contributed by atoms with Crippen LogP contribution in [0.3, 0.4) is 0 Å². The van der Waals surface area contributed by atoms with E-state index >= 15 is 0 Å². The molecule has 8 heteroatoms.